The van der Waals surface area contributed by atoms with E-state index in [1.54, 1.807) is 37.3 Å². The van der Waals surface area contributed by atoms with Gasteiger partial charge in [0.15, 0.2) is 0 Å². The largest absolute Gasteiger partial charge is 0.379 e. The van der Waals surface area contributed by atoms with Crippen LogP contribution in [0.1, 0.15) is 49.1 Å². The van der Waals surface area contributed by atoms with Crippen LogP contribution in [-0.4, -0.2) is 22.9 Å². The molecule has 3 rings (SSSR count). The standard InChI is InChI=1S/C20H22N2O6S2/c1-14-8-5-6-12-17(14)28-30(26,27)18-13-7-11-16(15-9-3-2-4-10-15)19(18)21-20(23)22-29(24)25/h5-8,11-13,15H,2-4,9-10H2,1H3,(H,21,23). The summed E-state index contributed by atoms with van der Waals surface area (Å²) in [7, 11) is -7.27. The molecule has 1 aliphatic rings. The zero-order chi connectivity index (χ0) is 21.7. The van der Waals surface area contributed by atoms with Gasteiger partial charge in [-0.1, -0.05) is 54.0 Å². The van der Waals surface area contributed by atoms with Gasteiger partial charge in [0.1, 0.15) is 10.6 Å². The Morgan fingerprint density at radius 1 is 1.07 bits per heavy atom. The average Bonchev–Trinajstić information content (AvgIpc) is 2.69. The number of rotatable bonds is 5. The maximum Gasteiger partial charge on any atom is 0.360 e. The van der Waals surface area contributed by atoms with E-state index in [0.29, 0.717) is 11.1 Å². The number of urea groups is 1. The third-order valence-corrected chi connectivity index (χ3v) is 6.65. The van der Waals surface area contributed by atoms with Crippen LogP contribution < -0.4 is 9.50 Å². The fourth-order valence-corrected chi connectivity index (χ4v) is 5.01. The van der Waals surface area contributed by atoms with Gasteiger partial charge in [-0.25, -0.2) is 4.79 Å². The summed E-state index contributed by atoms with van der Waals surface area (Å²) in [6.45, 7) is 1.72. The average molecular weight is 451 g/mol. The van der Waals surface area contributed by atoms with Crippen LogP contribution in [0.4, 0.5) is 10.5 Å². The van der Waals surface area contributed by atoms with Gasteiger partial charge in [0.2, 0.25) is 0 Å². The number of nitrogens with zero attached hydrogens (tertiary/aromatic N) is 1. The van der Waals surface area contributed by atoms with E-state index < -0.39 is 26.6 Å². The number of anilines is 1. The molecule has 0 aliphatic heterocycles. The Bertz CT molecular complexity index is 1180. The van der Waals surface area contributed by atoms with Gasteiger partial charge in [0, 0.05) is 0 Å². The van der Waals surface area contributed by atoms with Crippen molar-refractivity contribution in [3.63, 3.8) is 0 Å². The molecule has 30 heavy (non-hydrogen) atoms. The molecule has 0 aromatic heterocycles. The van der Waals surface area contributed by atoms with Gasteiger partial charge in [0.05, 0.1) is 5.69 Å². The minimum atomic E-state index is -4.31. The Kier molecular flexibility index (Phi) is 6.88. The first-order chi connectivity index (χ1) is 14.3. The molecule has 1 N–H and O–H groups in total. The molecule has 0 spiro atoms. The van der Waals surface area contributed by atoms with Crippen molar-refractivity contribution in [2.24, 2.45) is 4.36 Å². The number of amides is 2. The zero-order valence-corrected chi connectivity index (χ0v) is 18.0. The smallest absolute Gasteiger partial charge is 0.360 e. The number of hydrogen-bond donors (Lipinski definition) is 1. The van der Waals surface area contributed by atoms with Crippen molar-refractivity contribution < 1.29 is 25.8 Å². The molecule has 0 radical (unpaired) electrons. The summed E-state index contributed by atoms with van der Waals surface area (Å²) in [6, 6.07) is 10.2. The molecule has 0 unspecified atom stereocenters. The highest BCUT2D eigenvalue weighted by Gasteiger charge is 2.28. The van der Waals surface area contributed by atoms with Crippen molar-refractivity contribution in [1.29, 1.82) is 0 Å². The van der Waals surface area contributed by atoms with Crippen molar-refractivity contribution in [2.45, 2.75) is 49.8 Å². The second kappa shape index (κ2) is 9.40. The second-order valence-electron chi connectivity index (χ2n) is 7.10. The summed E-state index contributed by atoms with van der Waals surface area (Å²) in [6.07, 6.45) is 4.76. The third-order valence-electron chi connectivity index (χ3n) is 5.06. The summed E-state index contributed by atoms with van der Waals surface area (Å²) in [4.78, 5) is 11.8. The Hall–Kier alpha value is -2.72. The molecular formula is C20H22N2O6S2. The van der Waals surface area contributed by atoms with E-state index in [-0.39, 0.29) is 22.3 Å². The van der Waals surface area contributed by atoms with E-state index in [4.69, 9.17) is 4.18 Å². The maximum absolute atomic E-state index is 13.1. The fraction of sp³-hybridized carbons (Fsp3) is 0.350. The minimum Gasteiger partial charge on any atom is -0.379 e. The van der Waals surface area contributed by atoms with Crippen LogP contribution in [0.15, 0.2) is 51.7 Å². The van der Waals surface area contributed by atoms with E-state index in [2.05, 4.69) is 9.68 Å². The van der Waals surface area contributed by atoms with E-state index in [1.807, 2.05) is 0 Å². The van der Waals surface area contributed by atoms with Gasteiger partial charge in [0.25, 0.3) is 0 Å². The van der Waals surface area contributed by atoms with Gasteiger partial charge in [-0.15, -0.1) is 0 Å². The van der Waals surface area contributed by atoms with E-state index in [0.717, 1.165) is 32.1 Å². The number of nitrogens with one attached hydrogen (secondary N) is 1. The molecule has 2 aromatic carbocycles. The molecule has 1 fully saturated rings. The van der Waals surface area contributed by atoms with Crippen LogP contribution >= 0.6 is 0 Å². The van der Waals surface area contributed by atoms with Crippen molar-refractivity contribution >= 4 is 32.3 Å². The van der Waals surface area contributed by atoms with Crippen molar-refractivity contribution in [3.8, 4) is 5.75 Å². The van der Waals surface area contributed by atoms with E-state index in [9.17, 15) is 21.6 Å². The Labute approximate surface area is 177 Å². The van der Waals surface area contributed by atoms with E-state index >= 15 is 0 Å². The minimum absolute atomic E-state index is 0.0113. The highest BCUT2D eigenvalue weighted by atomic mass is 32.2. The number of carbonyl (C=O) groups is 1. The van der Waals surface area contributed by atoms with Gasteiger partial charge < -0.3 is 9.50 Å². The topological polar surface area (TPSA) is 119 Å². The van der Waals surface area contributed by atoms with Crippen LogP contribution in [0.3, 0.4) is 0 Å². The van der Waals surface area contributed by atoms with Crippen LogP contribution in [0.25, 0.3) is 0 Å². The Morgan fingerprint density at radius 3 is 2.43 bits per heavy atom. The molecule has 2 aromatic rings. The van der Waals surface area contributed by atoms with Crippen LogP contribution in [-0.2, 0) is 20.6 Å². The highest BCUT2D eigenvalue weighted by molar-refractivity contribution is 7.87. The summed E-state index contributed by atoms with van der Waals surface area (Å²) in [5.41, 5.74) is 1.27. The number of carbonyl (C=O) groups excluding carboxylic acids is 1. The molecule has 2 amide bonds. The molecule has 8 nitrogen and oxygen atoms in total. The predicted octanol–water partition coefficient (Wildman–Crippen LogP) is 4.41. The zero-order valence-electron chi connectivity index (χ0n) is 16.4. The quantitative estimate of drug-likeness (QED) is 0.674. The van der Waals surface area contributed by atoms with Gasteiger partial charge in [-0.2, -0.15) is 16.8 Å². The normalized spacial score (nSPS) is 14.7. The van der Waals surface area contributed by atoms with Gasteiger partial charge in [-0.3, -0.25) is 0 Å². The van der Waals surface area contributed by atoms with Gasteiger partial charge in [-0.05, 0) is 48.9 Å². The molecule has 0 atom stereocenters. The fourth-order valence-electron chi connectivity index (χ4n) is 3.65. The molecular weight excluding hydrogens is 428 g/mol. The number of hydrogen-bond acceptors (Lipinski definition) is 6. The second-order valence-corrected chi connectivity index (χ2v) is 9.23. The van der Waals surface area contributed by atoms with E-state index in [1.165, 1.54) is 12.1 Å². The lowest BCUT2D eigenvalue weighted by Gasteiger charge is -2.25. The van der Waals surface area contributed by atoms with Crippen molar-refractivity contribution in [2.75, 3.05) is 5.32 Å². The number of para-hydroxylation sites is 2. The van der Waals surface area contributed by atoms with Crippen molar-refractivity contribution in [1.82, 2.24) is 0 Å². The molecule has 0 heterocycles. The van der Waals surface area contributed by atoms with Crippen molar-refractivity contribution in [3.05, 3.63) is 53.6 Å². The third kappa shape index (κ3) is 5.25. The molecule has 160 valence electrons. The SMILES string of the molecule is Cc1ccccc1OS(=O)(=O)c1cccc(C2CCCCC2)c1NC(=O)N=S(=O)=O. The predicted molar refractivity (Wildman–Crippen MR) is 112 cm³/mol. The first-order valence-electron chi connectivity index (χ1n) is 9.53. The Balaban J connectivity index is 2.09. The van der Waals surface area contributed by atoms with Crippen LogP contribution in [0.2, 0.25) is 0 Å². The Morgan fingerprint density at radius 2 is 1.77 bits per heavy atom. The van der Waals surface area contributed by atoms with Crippen LogP contribution in [0.5, 0.6) is 5.75 Å². The summed E-state index contributed by atoms with van der Waals surface area (Å²) in [5.74, 6) is 0.212. The summed E-state index contributed by atoms with van der Waals surface area (Å²) >= 11 is 0. The van der Waals surface area contributed by atoms with Gasteiger partial charge >= 0.3 is 26.6 Å². The molecule has 0 bridgehead atoms. The summed E-state index contributed by atoms with van der Waals surface area (Å²) in [5, 5.41) is 2.36. The summed E-state index contributed by atoms with van der Waals surface area (Å²) < 4.78 is 56.0. The molecule has 10 heteroatoms. The number of benzene rings is 2. The molecule has 0 saturated heterocycles. The lowest BCUT2D eigenvalue weighted by atomic mass is 9.83. The molecule has 1 aliphatic carbocycles. The lowest BCUT2D eigenvalue weighted by molar-refractivity contribution is 0.260. The highest BCUT2D eigenvalue weighted by Crippen LogP contribution is 2.39. The lowest BCUT2D eigenvalue weighted by Crippen LogP contribution is -2.18. The monoisotopic (exact) mass is 450 g/mol. The first-order valence-corrected chi connectivity index (χ1v) is 12.0. The maximum atomic E-state index is 13.1. The van der Waals surface area contributed by atoms with Crippen LogP contribution in [0, 0.1) is 6.92 Å². The first kappa shape index (κ1) is 22.0. The number of aryl methyl sites for hydroxylation is 1. The molecule has 1 saturated carbocycles.